The van der Waals surface area contributed by atoms with Crippen molar-refractivity contribution in [3.63, 3.8) is 0 Å². The van der Waals surface area contributed by atoms with E-state index >= 15 is 0 Å². The fourth-order valence-electron chi connectivity index (χ4n) is 2.19. The topological polar surface area (TPSA) is 46.6 Å². The molecule has 0 bridgehead atoms. The molecule has 1 rings (SSSR count). The fourth-order valence-corrected chi connectivity index (χ4v) is 2.58. The minimum atomic E-state index is -0.639. The van der Waals surface area contributed by atoms with Crippen LogP contribution in [0.2, 0.25) is 0 Å². The Bertz CT molecular complexity index is 482. The van der Waals surface area contributed by atoms with Crippen molar-refractivity contribution in [1.29, 1.82) is 0 Å². The van der Waals surface area contributed by atoms with Gasteiger partial charge in [-0.2, -0.15) is 11.8 Å². The lowest BCUT2D eigenvalue weighted by molar-refractivity contribution is -0.142. The number of hydrogen-bond acceptors (Lipinski definition) is 4. The Labute approximate surface area is 124 Å². The third kappa shape index (κ3) is 3.54. The lowest BCUT2D eigenvalue weighted by Crippen LogP contribution is -2.45. The molecular weight excluding hydrogens is 274 g/mol. The molecule has 0 aliphatic carbocycles. The number of amides is 1. The molecule has 0 fully saturated rings. The van der Waals surface area contributed by atoms with Crippen molar-refractivity contribution < 1.29 is 14.3 Å². The molecule has 4 nitrogen and oxygen atoms in total. The lowest BCUT2D eigenvalue weighted by Gasteiger charge is -2.30. The van der Waals surface area contributed by atoms with E-state index in [2.05, 4.69) is 0 Å². The first-order valence-corrected chi connectivity index (χ1v) is 7.78. The van der Waals surface area contributed by atoms with E-state index in [1.807, 2.05) is 38.3 Å². The Morgan fingerprint density at radius 1 is 1.30 bits per heavy atom. The van der Waals surface area contributed by atoms with Gasteiger partial charge < -0.3 is 4.74 Å². The van der Waals surface area contributed by atoms with Gasteiger partial charge in [-0.3, -0.25) is 9.69 Å². The highest BCUT2D eigenvalue weighted by Crippen LogP contribution is 2.27. The standard InChI is InChI=1S/C15H21NO3S/c1-10-7-6-8-11(2)14(10)16(13(17)9-20-5)12(3)15(18)19-4/h6-8,12H,9H2,1-5H3. The molecule has 0 saturated heterocycles. The molecule has 0 heterocycles. The number of ether oxygens (including phenoxy) is 1. The molecule has 1 amide bonds. The summed E-state index contributed by atoms with van der Waals surface area (Å²) in [4.78, 5) is 25.8. The monoisotopic (exact) mass is 295 g/mol. The second-order valence-corrected chi connectivity index (χ2v) is 5.50. The minimum absolute atomic E-state index is 0.0900. The van der Waals surface area contributed by atoms with E-state index in [-0.39, 0.29) is 5.91 Å². The molecule has 0 aliphatic rings. The molecule has 1 atom stereocenters. The van der Waals surface area contributed by atoms with Gasteiger partial charge in [0, 0.05) is 0 Å². The van der Waals surface area contributed by atoms with Gasteiger partial charge in [-0.05, 0) is 38.2 Å². The van der Waals surface area contributed by atoms with Gasteiger partial charge in [-0.15, -0.1) is 0 Å². The molecule has 1 aromatic carbocycles. The van der Waals surface area contributed by atoms with Gasteiger partial charge in [0.15, 0.2) is 0 Å². The Morgan fingerprint density at radius 2 is 1.85 bits per heavy atom. The first-order chi connectivity index (χ1) is 9.43. The van der Waals surface area contributed by atoms with Gasteiger partial charge >= 0.3 is 5.97 Å². The summed E-state index contributed by atoms with van der Waals surface area (Å²) in [6.45, 7) is 5.56. The van der Waals surface area contributed by atoms with Crippen molar-refractivity contribution in [3.05, 3.63) is 29.3 Å². The van der Waals surface area contributed by atoms with E-state index in [9.17, 15) is 9.59 Å². The minimum Gasteiger partial charge on any atom is -0.467 e. The van der Waals surface area contributed by atoms with Crippen LogP contribution in [0.5, 0.6) is 0 Å². The number of hydrogen-bond donors (Lipinski definition) is 0. The molecular formula is C15H21NO3S. The Balaban J connectivity index is 3.30. The molecule has 20 heavy (non-hydrogen) atoms. The van der Waals surface area contributed by atoms with Crippen LogP contribution in [0, 0.1) is 13.8 Å². The summed E-state index contributed by atoms with van der Waals surface area (Å²) in [5, 5.41) is 0. The van der Waals surface area contributed by atoms with Gasteiger partial charge in [0.05, 0.1) is 18.6 Å². The maximum Gasteiger partial charge on any atom is 0.328 e. The van der Waals surface area contributed by atoms with E-state index in [0.29, 0.717) is 5.75 Å². The van der Waals surface area contributed by atoms with Crippen molar-refractivity contribution in [3.8, 4) is 0 Å². The number of thioether (sulfide) groups is 1. The summed E-state index contributed by atoms with van der Waals surface area (Å²) in [7, 11) is 1.33. The summed E-state index contributed by atoms with van der Waals surface area (Å²) in [6, 6.07) is 5.17. The molecule has 5 heteroatoms. The summed E-state index contributed by atoms with van der Waals surface area (Å²) >= 11 is 1.44. The van der Waals surface area contributed by atoms with Gasteiger partial charge in [0.2, 0.25) is 5.91 Å². The normalized spacial score (nSPS) is 11.8. The molecule has 110 valence electrons. The van der Waals surface area contributed by atoms with E-state index < -0.39 is 12.0 Å². The average molecular weight is 295 g/mol. The zero-order valence-corrected chi connectivity index (χ0v) is 13.4. The van der Waals surface area contributed by atoms with Crippen LogP contribution in [0.4, 0.5) is 5.69 Å². The van der Waals surface area contributed by atoms with Gasteiger partial charge in [0.25, 0.3) is 0 Å². The van der Waals surface area contributed by atoms with Crippen LogP contribution >= 0.6 is 11.8 Å². The van der Waals surface area contributed by atoms with Crippen LogP contribution in [0.25, 0.3) is 0 Å². The predicted molar refractivity (Wildman–Crippen MR) is 83.3 cm³/mol. The zero-order valence-electron chi connectivity index (χ0n) is 12.6. The molecule has 0 aliphatic heterocycles. The van der Waals surface area contributed by atoms with E-state index in [1.54, 1.807) is 11.8 Å². The van der Waals surface area contributed by atoms with Gasteiger partial charge in [0.1, 0.15) is 6.04 Å². The molecule has 1 aromatic rings. The summed E-state index contributed by atoms with van der Waals surface area (Å²) in [5.41, 5.74) is 2.73. The van der Waals surface area contributed by atoms with Crippen LogP contribution in [0.15, 0.2) is 18.2 Å². The Hall–Kier alpha value is -1.49. The number of benzene rings is 1. The first-order valence-electron chi connectivity index (χ1n) is 6.39. The molecule has 1 unspecified atom stereocenters. The second kappa shape index (κ2) is 7.33. The lowest BCUT2D eigenvalue weighted by atomic mass is 10.1. The van der Waals surface area contributed by atoms with Crippen molar-refractivity contribution >= 4 is 29.3 Å². The largest absolute Gasteiger partial charge is 0.467 e. The van der Waals surface area contributed by atoms with E-state index in [0.717, 1.165) is 16.8 Å². The third-order valence-electron chi connectivity index (χ3n) is 3.15. The highest BCUT2D eigenvalue weighted by molar-refractivity contribution is 7.99. The second-order valence-electron chi connectivity index (χ2n) is 4.64. The Kier molecular flexibility index (Phi) is 6.07. The summed E-state index contributed by atoms with van der Waals surface area (Å²) in [5.74, 6) is -0.176. The first kappa shape index (κ1) is 16.6. The van der Waals surface area contributed by atoms with Crippen molar-refractivity contribution in [2.75, 3.05) is 24.0 Å². The number of esters is 1. The quantitative estimate of drug-likeness (QED) is 0.783. The number of anilines is 1. The van der Waals surface area contributed by atoms with Crippen LogP contribution in [0.1, 0.15) is 18.1 Å². The van der Waals surface area contributed by atoms with Crippen molar-refractivity contribution in [2.45, 2.75) is 26.8 Å². The number of aryl methyl sites for hydroxylation is 2. The number of para-hydroxylation sites is 1. The van der Waals surface area contributed by atoms with E-state index in [1.165, 1.54) is 18.9 Å². The predicted octanol–water partition coefficient (Wildman–Crippen LogP) is 2.56. The molecule has 0 spiro atoms. The highest BCUT2D eigenvalue weighted by atomic mass is 32.2. The SMILES string of the molecule is COC(=O)C(C)N(C(=O)CSC)c1c(C)cccc1C. The number of carbonyl (C=O) groups excluding carboxylic acids is 2. The average Bonchev–Trinajstić information content (AvgIpc) is 2.41. The smallest absolute Gasteiger partial charge is 0.328 e. The van der Waals surface area contributed by atoms with Crippen LogP contribution in [0.3, 0.4) is 0 Å². The summed E-state index contributed by atoms with van der Waals surface area (Å²) < 4.78 is 4.78. The van der Waals surface area contributed by atoms with Crippen molar-refractivity contribution in [2.24, 2.45) is 0 Å². The maximum absolute atomic E-state index is 12.4. The van der Waals surface area contributed by atoms with Crippen molar-refractivity contribution in [1.82, 2.24) is 0 Å². The molecule has 0 radical (unpaired) electrons. The molecule has 0 aromatic heterocycles. The Morgan fingerprint density at radius 3 is 2.30 bits per heavy atom. The van der Waals surface area contributed by atoms with E-state index in [4.69, 9.17) is 4.74 Å². The van der Waals surface area contributed by atoms with Crippen LogP contribution in [-0.4, -0.2) is 37.0 Å². The van der Waals surface area contributed by atoms with Gasteiger partial charge in [-0.25, -0.2) is 4.79 Å². The number of rotatable bonds is 5. The van der Waals surface area contributed by atoms with Gasteiger partial charge in [-0.1, -0.05) is 18.2 Å². The third-order valence-corrected chi connectivity index (χ3v) is 3.68. The summed E-state index contributed by atoms with van der Waals surface area (Å²) in [6.07, 6.45) is 1.86. The molecule has 0 saturated carbocycles. The zero-order chi connectivity index (χ0) is 15.3. The number of carbonyl (C=O) groups is 2. The van der Waals surface area contributed by atoms with Crippen LogP contribution in [-0.2, 0) is 14.3 Å². The number of nitrogens with zero attached hydrogens (tertiary/aromatic N) is 1. The number of methoxy groups -OCH3 is 1. The maximum atomic E-state index is 12.4. The highest BCUT2D eigenvalue weighted by Gasteiger charge is 2.29. The fraction of sp³-hybridized carbons (Fsp3) is 0.467. The molecule has 0 N–H and O–H groups in total. The van der Waals surface area contributed by atoms with Crippen LogP contribution < -0.4 is 4.90 Å².